The van der Waals surface area contributed by atoms with Crippen LogP contribution in [0.4, 0.5) is 17.1 Å². The van der Waals surface area contributed by atoms with Crippen LogP contribution in [-0.4, -0.2) is 31.1 Å². The van der Waals surface area contributed by atoms with Crippen LogP contribution in [0, 0.1) is 5.92 Å². The first-order chi connectivity index (χ1) is 13.5. The van der Waals surface area contributed by atoms with Crippen LogP contribution in [0.3, 0.4) is 0 Å². The van der Waals surface area contributed by atoms with Crippen molar-refractivity contribution in [2.45, 2.75) is 13.3 Å². The Labute approximate surface area is 161 Å². The minimum atomic E-state index is -0.470. The summed E-state index contributed by atoms with van der Waals surface area (Å²) in [6, 6.07) is 12.2. The Morgan fingerprint density at radius 3 is 2.64 bits per heavy atom. The van der Waals surface area contributed by atoms with Crippen molar-refractivity contribution in [2.75, 3.05) is 28.9 Å². The third-order valence-corrected chi connectivity index (χ3v) is 4.61. The molecule has 2 aliphatic heterocycles. The number of benzene rings is 2. The molecule has 2 N–H and O–H groups in total. The topological polar surface area (TPSA) is 97.0 Å². The maximum Gasteiger partial charge on any atom is 0.231 e. The number of amides is 3. The van der Waals surface area contributed by atoms with E-state index in [4.69, 9.17) is 9.47 Å². The van der Waals surface area contributed by atoms with Gasteiger partial charge in [0, 0.05) is 43.0 Å². The summed E-state index contributed by atoms with van der Waals surface area (Å²) in [5.41, 5.74) is 1.84. The lowest BCUT2D eigenvalue weighted by Gasteiger charge is -2.18. The van der Waals surface area contributed by atoms with Crippen molar-refractivity contribution in [3.05, 3.63) is 42.5 Å². The molecule has 2 heterocycles. The quantitative estimate of drug-likeness (QED) is 0.848. The lowest BCUT2D eigenvalue weighted by atomic mass is 10.1. The standard InChI is InChI=1S/C20H19N3O5/c1-12(24)21-14-3-2-4-16(8-14)23-10-13(7-19(23)25)20(26)22-15-5-6-17-18(9-15)28-11-27-17/h2-6,8-9,13H,7,10-11H2,1H3,(H,21,24)(H,22,26). The van der Waals surface area contributed by atoms with Gasteiger partial charge in [-0.15, -0.1) is 0 Å². The summed E-state index contributed by atoms with van der Waals surface area (Å²) in [7, 11) is 0. The largest absolute Gasteiger partial charge is 0.454 e. The van der Waals surface area contributed by atoms with E-state index in [1.54, 1.807) is 47.4 Å². The summed E-state index contributed by atoms with van der Waals surface area (Å²) in [5.74, 6) is 0.197. The summed E-state index contributed by atoms with van der Waals surface area (Å²) in [6.45, 7) is 1.86. The molecule has 1 saturated heterocycles. The van der Waals surface area contributed by atoms with Crippen molar-refractivity contribution < 1.29 is 23.9 Å². The van der Waals surface area contributed by atoms with Crippen LogP contribution < -0.4 is 25.0 Å². The Balaban J connectivity index is 1.44. The van der Waals surface area contributed by atoms with E-state index in [1.807, 2.05) is 0 Å². The van der Waals surface area contributed by atoms with E-state index in [1.165, 1.54) is 6.92 Å². The number of fused-ring (bicyclic) bond motifs is 1. The summed E-state index contributed by atoms with van der Waals surface area (Å²) in [5, 5.41) is 5.53. The van der Waals surface area contributed by atoms with Gasteiger partial charge < -0.3 is 25.0 Å². The molecule has 2 aromatic carbocycles. The average molecular weight is 381 g/mol. The second-order valence-corrected chi connectivity index (χ2v) is 6.69. The smallest absolute Gasteiger partial charge is 0.231 e. The van der Waals surface area contributed by atoms with Crippen molar-refractivity contribution in [3.8, 4) is 11.5 Å². The highest BCUT2D eigenvalue weighted by Crippen LogP contribution is 2.35. The van der Waals surface area contributed by atoms with Crippen LogP contribution in [0.2, 0.25) is 0 Å². The van der Waals surface area contributed by atoms with Gasteiger partial charge in [0.2, 0.25) is 24.5 Å². The van der Waals surface area contributed by atoms with Crippen molar-refractivity contribution >= 4 is 34.8 Å². The molecule has 0 spiro atoms. The Bertz CT molecular complexity index is 959. The molecule has 8 heteroatoms. The zero-order chi connectivity index (χ0) is 19.7. The van der Waals surface area contributed by atoms with E-state index in [2.05, 4.69) is 10.6 Å². The van der Waals surface area contributed by atoms with Gasteiger partial charge in [0.25, 0.3) is 0 Å². The van der Waals surface area contributed by atoms with Gasteiger partial charge in [-0.1, -0.05) is 6.07 Å². The highest BCUT2D eigenvalue weighted by Gasteiger charge is 2.35. The Morgan fingerprint density at radius 2 is 1.82 bits per heavy atom. The molecular weight excluding hydrogens is 362 g/mol. The second kappa shape index (κ2) is 7.22. The SMILES string of the molecule is CC(=O)Nc1cccc(N2CC(C(=O)Nc3ccc4c(c3)OCO4)CC2=O)c1. The van der Waals surface area contributed by atoms with Gasteiger partial charge in [0.15, 0.2) is 11.5 Å². The Hall–Kier alpha value is -3.55. The number of ether oxygens (including phenoxy) is 2. The van der Waals surface area contributed by atoms with E-state index in [9.17, 15) is 14.4 Å². The first kappa shape index (κ1) is 17.8. The van der Waals surface area contributed by atoms with Gasteiger partial charge in [0.05, 0.1) is 5.92 Å². The molecule has 1 unspecified atom stereocenters. The number of rotatable bonds is 4. The molecule has 3 amide bonds. The fourth-order valence-corrected chi connectivity index (χ4v) is 3.31. The number of nitrogens with zero attached hydrogens (tertiary/aromatic N) is 1. The molecule has 8 nitrogen and oxygen atoms in total. The number of nitrogens with one attached hydrogen (secondary N) is 2. The molecule has 0 aromatic heterocycles. The predicted octanol–water partition coefficient (Wildman–Crippen LogP) is 2.37. The molecule has 1 atom stereocenters. The molecule has 0 saturated carbocycles. The molecule has 0 radical (unpaired) electrons. The van der Waals surface area contributed by atoms with Gasteiger partial charge in [-0.2, -0.15) is 0 Å². The third kappa shape index (κ3) is 3.62. The third-order valence-electron chi connectivity index (χ3n) is 4.61. The number of carbonyl (C=O) groups is 3. The molecule has 4 rings (SSSR count). The van der Waals surface area contributed by atoms with Crippen molar-refractivity contribution in [2.24, 2.45) is 5.92 Å². The maximum atomic E-state index is 12.6. The molecule has 0 bridgehead atoms. The number of anilines is 3. The maximum absolute atomic E-state index is 12.6. The average Bonchev–Trinajstić information content (AvgIpc) is 3.27. The zero-order valence-electron chi connectivity index (χ0n) is 15.2. The van der Waals surface area contributed by atoms with Gasteiger partial charge in [-0.3, -0.25) is 14.4 Å². The van der Waals surface area contributed by atoms with E-state index < -0.39 is 5.92 Å². The zero-order valence-corrected chi connectivity index (χ0v) is 15.2. The van der Waals surface area contributed by atoms with Crippen LogP contribution in [0.15, 0.2) is 42.5 Å². The van der Waals surface area contributed by atoms with Crippen LogP contribution in [-0.2, 0) is 14.4 Å². The van der Waals surface area contributed by atoms with Crippen molar-refractivity contribution in [3.63, 3.8) is 0 Å². The predicted molar refractivity (Wildman–Crippen MR) is 102 cm³/mol. The van der Waals surface area contributed by atoms with E-state index in [-0.39, 0.29) is 37.5 Å². The fraction of sp³-hybridized carbons (Fsp3) is 0.250. The van der Waals surface area contributed by atoms with E-state index in [0.29, 0.717) is 28.6 Å². The Morgan fingerprint density at radius 1 is 1.04 bits per heavy atom. The van der Waals surface area contributed by atoms with Crippen LogP contribution >= 0.6 is 0 Å². The lowest BCUT2D eigenvalue weighted by molar-refractivity contribution is -0.122. The first-order valence-electron chi connectivity index (χ1n) is 8.88. The van der Waals surface area contributed by atoms with Gasteiger partial charge in [0.1, 0.15) is 0 Å². The number of hydrogen-bond donors (Lipinski definition) is 2. The van der Waals surface area contributed by atoms with Crippen LogP contribution in [0.5, 0.6) is 11.5 Å². The van der Waals surface area contributed by atoms with Crippen LogP contribution in [0.25, 0.3) is 0 Å². The van der Waals surface area contributed by atoms with Crippen molar-refractivity contribution in [1.29, 1.82) is 0 Å². The first-order valence-corrected chi connectivity index (χ1v) is 8.88. The summed E-state index contributed by atoms with van der Waals surface area (Å²) < 4.78 is 10.6. The van der Waals surface area contributed by atoms with Gasteiger partial charge >= 0.3 is 0 Å². The minimum absolute atomic E-state index is 0.126. The fourth-order valence-electron chi connectivity index (χ4n) is 3.31. The highest BCUT2D eigenvalue weighted by molar-refractivity contribution is 6.04. The minimum Gasteiger partial charge on any atom is -0.454 e. The van der Waals surface area contributed by atoms with E-state index in [0.717, 1.165) is 0 Å². The van der Waals surface area contributed by atoms with Gasteiger partial charge in [-0.05, 0) is 30.3 Å². The molecule has 144 valence electrons. The van der Waals surface area contributed by atoms with Crippen LogP contribution in [0.1, 0.15) is 13.3 Å². The molecule has 2 aromatic rings. The molecule has 28 heavy (non-hydrogen) atoms. The molecule has 0 aliphatic carbocycles. The summed E-state index contributed by atoms with van der Waals surface area (Å²) >= 11 is 0. The second-order valence-electron chi connectivity index (χ2n) is 6.69. The molecule has 2 aliphatic rings. The number of carbonyl (C=O) groups excluding carboxylic acids is 3. The van der Waals surface area contributed by atoms with Gasteiger partial charge in [-0.25, -0.2) is 0 Å². The van der Waals surface area contributed by atoms with E-state index >= 15 is 0 Å². The normalized spacial score (nSPS) is 17.5. The summed E-state index contributed by atoms with van der Waals surface area (Å²) in [6.07, 6.45) is 0.126. The molecule has 1 fully saturated rings. The monoisotopic (exact) mass is 381 g/mol. The number of hydrogen-bond acceptors (Lipinski definition) is 5. The lowest BCUT2D eigenvalue weighted by Crippen LogP contribution is -2.28. The Kier molecular flexibility index (Phi) is 4.60. The van der Waals surface area contributed by atoms with Crippen molar-refractivity contribution in [1.82, 2.24) is 0 Å². The molecular formula is C20H19N3O5. The highest BCUT2D eigenvalue weighted by atomic mass is 16.7. The summed E-state index contributed by atoms with van der Waals surface area (Å²) in [4.78, 5) is 37.9.